The van der Waals surface area contributed by atoms with E-state index in [-0.39, 0.29) is 37.7 Å². The average Bonchev–Trinajstić information content (AvgIpc) is 2.91. The summed E-state index contributed by atoms with van der Waals surface area (Å²) in [6.45, 7) is 5.99. The molecule has 0 heterocycles. The van der Waals surface area contributed by atoms with E-state index in [9.17, 15) is 14.4 Å². The fraction of sp³-hybridized carbons (Fsp3) is 0.241. The molecule has 0 aromatic heterocycles. The van der Waals surface area contributed by atoms with Crippen LogP contribution in [0.1, 0.15) is 37.3 Å². The van der Waals surface area contributed by atoms with E-state index in [0.29, 0.717) is 6.54 Å². The number of hydrogen-bond donors (Lipinski definition) is 2. The van der Waals surface area contributed by atoms with Crippen LogP contribution in [0.5, 0.6) is 0 Å². The van der Waals surface area contributed by atoms with E-state index in [2.05, 4.69) is 17.0 Å². The van der Waals surface area contributed by atoms with Crippen LogP contribution in [0.15, 0.2) is 84.5 Å². The second kappa shape index (κ2) is 13.6. The van der Waals surface area contributed by atoms with Crippen LogP contribution in [0.3, 0.4) is 0 Å². The van der Waals surface area contributed by atoms with Gasteiger partial charge in [0, 0.05) is 23.8 Å². The number of hydrogen-bond acceptors (Lipinski definition) is 6. The predicted molar refractivity (Wildman–Crippen MR) is 146 cm³/mol. The fourth-order valence-corrected chi connectivity index (χ4v) is 4.04. The molecule has 0 fully saturated rings. The van der Waals surface area contributed by atoms with Crippen LogP contribution in [-0.2, 0) is 25.7 Å². The molecule has 3 rings (SSSR count). The smallest absolute Gasteiger partial charge is 0.308 e. The van der Waals surface area contributed by atoms with Gasteiger partial charge in [0.05, 0.1) is 37.5 Å². The normalized spacial score (nSPS) is 11.7. The third kappa shape index (κ3) is 7.51. The molecule has 0 aliphatic carbocycles. The van der Waals surface area contributed by atoms with E-state index >= 15 is 0 Å². The van der Waals surface area contributed by atoms with E-state index in [0.717, 1.165) is 27.6 Å². The Morgan fingerprint density at radius 2 is 1.73 bits per heavy atom. The Kier molecular flexibility index (Phi) is 9.96. The molecule has 37 heavy (non-hydrogen) atoms. The molecular weight excluding hydrogens is 468 g/mol. The second-order valence-corrected chi connectivity index (χ2v) is 8.38. The van der Waals surface area contributed by atoms with Gasteiger partial charge in [-0.15, -0.1) is 6.58 Å². The van der Waals surface area contributed by atoms with Gasteiger partial charge in [0.1, 0.15) is 0 Å². The number of benzene rings is 3. The van der Waals surface area contributed by atoms with Crippen LogP contribution in [0.4, 0.5) is 5.69 Å². The minimum atomic E-state index is -0.567. The van der Waals surface area contributed by atoms with Crippen molar-refractivity contribution in [1.82, 2.24) is 5.32 Å². The Morgan fingerprint density at radius 3 is 2.41 bits per heavy atom. The Balaban J connectivity index is 1.82. The van der Waals surface area contributed by atoms with Crippen molar-refractivity contribution in [3.05, 3.63) is 90.5 Å². The number of ether oxygens (including phenoxy) is 1. The van der Waals surface area contributed by atoms with Gasteiger partial charge in [-0.2, -0.15) is 5.10 Å². The molecule has 0 bridgehead atoms. The van der Waals surface area contributed by atoms with Crippen molar-refractivity contribution in [2.45, 2.75) is 38.8 Å². The second-order valence-electron chi connectivity index (χ2n) is 8.38. The summed E-state index contributed by atoms with van der Waals surface area (Å²) in [7, 11) is 0. The Bertz CT molecular complexity index is 1270. The number of anilines is 1. The first-order valence-corrected chi connectivity index (χ1v) is 12.1. The first-order valence-electron chi connectivity index (χ1n) is 12.1. The lowest BCUT2D eigenvalue weighted by Gasteiger charge is -2.25. The number of rotatable bonds is 12. The highest BCUT2D eigenvalue weighted by molar-refractivity contribution is 6.09. The molecule has 0 aliphatic heterocycles. The zero-order chi connectivity index (χ0) is 26.6. The average molecular weight is 501 g/mol. The lowest BCUT2D eigenvalue weighted by Crippen LogP contribution is -2.37. The van der Waals surface area contributed by atoms with Crippen LogP contribution in [0.2, 0.25) is 0 Å². The Morgan fingerprint density at radius 1 is 1.03 bits per heavy atom. The molecular formula is C29H32N4O4. The molecule has 3 aromatic rings. The van der Waals surface area contributed by atoms with Crippen LogP contribution in [-0.4, -0.2) is 36.6 Å². The van der Waals surface area contributed by atoms with Crippen LogP contribution < -0.4 is 16.1 Å². The van der Waals surface area contributed by atoms with Gasteiger partial charge >= 0.3 is 5.97 Å². The van der Waals surface area contributed by atoms with Crippen molar-refractivity contribution in [3.8, 4) is 0 Å². The van der Waals surface area contributed by atoms with E-state index in [1.807, 2.05) is 66.7 Å². The number of nitrogens with zero attached hydrogens (tertiary/aromatic N) is 2. The summed E-state index contributed by atoms with van der Waals surface area (Å²) in [6.07, 6.45) is 3.00. The highest BCUT2D eigenvalue weighted by atomic mass is 16.5. The monoisotopic (exact) mass is 500 g/mol. The van der Waals surface area contributed by atoms with Gasteiger partial charge in [-0.3, -0.25) is 14.4 Å². The summed E-state index contributed by atoms with van der Waals surface area (Å²) in [5.74, 6) is 4.42. The van der Waals surface area contributed by atoms with Gasteiger partial charge in [-0.1, -0.05) is 66.7 Å². The van der Waals surface area contributed by atoms with Crippen LogP contribution in [0.25, 0.3) is 10.8 Å². The molecule has 1 atom stereocenters. The maximum atomic E-state index is 13.5. The molecule has 0 aliphatic rings. The van der Waals surface area contributed by atoms with Gasteiger partial charge < -0.3 is 20.8 Å². The first-order chi connectivity index (χ1) is 18.0. The molecule has 3 N–H and O–H groups in total. The number of carbonyl (C=O) groups excluding carboxylic acids is 3. The Hall–Kier alpha value is -4.46. The number of hydrazone groups is 1. The molecule has 0 saturated carbocycles. The number of amides is 2. The van der Waals surface area contributed by atoms with E-state index in [1.54, 1.807) is 18.0 Å². The van der Waals surface area contributed by atoms with Crippen LogP contribution in [0, 0.1) is 0 Å². The summed E-state index contributed by atoms with van der Waals surface area (Å²) in [5, 5.41) is 8.17. The summed E-state index contributed by atoms with van der Waals surface area (Å²) < 4.78 is 4.94. The SMILES string of the molecule is C=CC(CC(=O)OCC)NC(=O)CCC(=O)N(Cc1ccccc1)c1ccc(C=NN)c2ccccc12. The summed E-state index contributed by atoms with van der Waals surface area (Å²) >= 11 is 0. The number of esters is 1. The van der Waals surface area contributed by atoms with Gasteiger partial charge in [0.2, 0.25) is 11.8 Å². The molecule has 8 nitrogen and oxygen atoms in total. The van der Waals surface area contributed by atoms with Crippen molar-refractivity contribution in [2.24, 2.45) is 10.9 Å². The number of carbonyl (C=O) groups is 3. The highest BCUT2D eigenvalue weighted by Gasteiger charge is 2.21. The molecule has 2 amide bonds. The predicted octanol–water partition coefficient (Wildman–Crippen LogP) is 4.07. The van der Waals surface area contributed by atoms with Crippen molar-refractivity contribution in [1.29, 1.82) is 0 Å². The van der Waals surface area contributed by atoms with Crippen molar-refractivity contribution < 1.29 is 19.1 Å². The highest BCUT2D eigenvalue weighted by Crippen LogP contribution is 2.31. The maximum absolute atomic E-state index is 13.5. The zero-order valence-corrected chi connectivity index (χ0v) is 20.9. The minimum Gasteiger partial charge on any atom is -0.466 e. The molecule has 0 spiro atoms. The van der Waals surface area contributed by atoms with Crippen molar-refractivity contribution in [3.63, 3.8) is 0 Å². The lowest BCUT2D eigenvalue weighted by atomic mass is 10.0. The van der Waals surface area contributed by atoms with Gasteiger partial charge in [0.15, 0.2) is 0 Å². The molecule has 3 aromatic carbocycles. The molecule has 1 unspecified atom stereocenters. The topological polar surface area (TPSA) is 114 Å². The minimum absolute atomic E-state index is 0.0116. The van der Waals surface area contributed by atoms with Gasteiger partial charge in [0.25, 0.3) is 0 Å². The maximum Gasteiger partial charge on any atom is 0.308 e. The third-order valence-corrected chi connectivity index (χ3v) is 5.81. The Labute approximate surface area is 216 Å². The summed E-state index contributed by atoms with van der Waals surface area (Å²) in [6, 6.07) is 20.6. The molecule has 8 heteroatoms. The zero-order valence-electron chi connectivity index (χ0n) is 20.9. The van der Waals surface area contributed by atoms with E-state index in [4.69, 9.17) is 10.6 Å². The molecule has 0 saturated heterocycles. The molecule has 0 radical (unpaired) electrons. The van der Waals surface area contributed by atoms with E-state index < -0.39 is 12.0 Å². The fourth-order valence-electron chi connectivity index (χ4n) is 4.04. The van der Waals surface area contributed by atoms with Crippen molar-refractivity contribution >= 4 is 40.5 Å². The first kappa shape index (κ1) is 27.1. The van der Waals surface area contributed by atoms with E-state index in [1.165, 1.54) is 6.08 Å². The number of nitrogens with one attached hydrogen (secondary N) is 1. The van der Waals surface area contributed by atoms with Crippen LogP contribution >= 0.6 is 0 Å². The lowest BCUT2D eigenvalue weighted by molar-refractivity contribution is -0.143. The quantitative estimate of drug-likeness (QED) is 0.128. The van der Waals surface area contributed by atoms with Gasteiger partial charge in [-0.05, 0) is 23.9 Å². The summed E-state index contributed by atoms with van der Waals surface area (Å²) in [5.41, 5.74) is 2.52. The standard InChI is InChI=1S/C29H32N4O4/c1-3-23(18-29(36)37-4-2)32-27(34)16-17-28(35)33(20-21-10-6-5-7-11-21)26-15-14-22(19-31-30)24-12-8-9-13-25(24)26/h3,5-15,19,23H,1,4,16-18,20,30H2,2H3,(H,32,34). The van der Waals surface area contributed by atoms with Gasteiger partial charge in [-0.25, -0.2) is 0 Å². The third-order valence-electron chi connectivity index (χ3n) is 5.81. The summed E-state index contributed by atoms with van der Waals surface area (Å²) in [4.78, 5) is 39.6. The largest absolute Gasteiger partial charge is 0.466 e. The molecule has 192 valence electrons. The number of fused-ring (bicyclic) bond motifs is 1. The number of nitrogens with two attached hydrogens (primary N) is 1. The van der Waals surface area contributed by atoms with Crippen molar-refractivity contribution in [2.75, 3.05) is 11.5 Å².